The summed E-state index contributed by atoms with van der Waals surface area (Å²) < 4.78 is 155. The Kier molecular flexibility index (Phi) is 43.3. The third-order valence-electron chi connectivity index (χ3n) is 17.6. The predicted octanol–water partition coefficient (Wildman–Crippen LogP) is 13.2. The molecule has 3 fully saturated rings. The zero-order valence-electron chi connectivity index (χ0n) is 67.7. The van der Waals surface area contributed by atoms with Crippen molar-refractivity contribution in [3.05, 3.63) is 251 Å². The van der Waals surface area contributed by atoms with Crippen molar-refractivity contribution in [2.75, 3.05) is 136 Å². The van der Waals surface area contributed by atoms with Gasteiger partial charge >= 0.3 is 33.2 Å². The molecule has 3 aliphatic rings. The number of sulfonamides is 2. The monoisotopic (exact) mass is 1900 g/mol. The molecule has 6 heterocycles. The van der Waals surface area contributed by atoms with Crippen LogP contribution in [0.4, 0.5) is 65.5 Å². The topological polar surface area (TPSA) is 415 Å². The van der Waals surface area contributed by atoms with Crippen LogP contribution in [0.3, 0.4) is 0 Å². The van der Waals surface area contributed by atoms with Crippen LogP contribution < -0.4 is 36.0 Å². The molecule has 0 unspecified atom stereocenters. The summed E-state index contributed by atoms with van der Waals surface area (Å²) in [5, 5.41) is 21.9. The van der Waals surface area contributed by atoms with Crippen LogP contribution in [-0.4, -0.2) is 211 Å². The molecule has 43 heteroatoms. The van der Waals surface area contributed by atoms with Gasteiger partial charge in [0.2, 0.25) is 37.9 Å². The summed E-state index contributed by atoms with van der Waals surface area (Å²) in [6.45, 7) is 12.1. The number of carboxylic acids is 1. The molecule has 3 saturated heterocycles. The Morgan fingerprint density at radius 3 is 0.937 bits per heavy atom. The Bertz CT molecular complexity index is 5620. The van der Waals surface area contributed by atoms with Gasteiger partial charge < -0.3 is 55.3 Å². The van der Waals surface area contributed by atoms with Crippen molar-refractivity contribution in [2.24, 2.45) is 0 Å². The molecule has 680 valence electrons. The van der Waals surface area contributed by atoms with E-state index in [1.807, 2.05) is 67.0 Å². The fraction of sp³-hybridized carbons (Fsp3) is 0.301. The van der Waals surface area contributed by atoms with E-state index in [0.29, 0.717) is 84.2 Å². The van der Waals surface area contributed by atoms with Gasteiger partial charge in [-0.1, -0.05) is 81.6 Å². The van der Waals surface area contributed by atoms with Crippen molar-refractivity contribution in [1.82, 2.24) is 43.8 Å². The van der Waals surface area contributed by atoms with Gasteiger partial charge in [0.05, 0.1) is 67.0 Å². The Morgan fingerprint density at radius 2 is 0.667 bits per heavy atom. The minimum absolute atomic E-state index is 0. The molecule has 0 amide bonds. The van der Waals surface area contributed by atoms with E-state index >= 15 is 0 Å². The van der Waals surface area contributed by atoms with E-state index in [9.17, 15) is 57.6 Å². The zero-order chi connectivity index (χ0) is 90.7. The number of halogens is 7. The molecule has 0 radical (unpaired) electrons. The van der Waals surface area contributed by atoms with Gasteiger partial charge in [-0.3, -0.25) is 23.7 Å². The van der Waals surface area contributed by atoms with Crippen molar-refractivity contribution in [3.63, 3.8) is 0 Å². The highest BCUT2D eigenvalue weighted by Crippen LogP contribution is 2.28. The lowest BCUT2D eigenvalue weighted by Gasteiger charge is -2.34. The third-order valence-corrected chi connectivity index (χ3v) is 22.8. The molecule has 0 saturated carbocycles. The molecule has 13 rings (SSSR count). The number of aliphatic carboxylic acids is 1. The molecule has 3 aromatic heterocycles. The molecule has 0 bridgehead atoms. The van der Waals surface area contributed by atoms with E-state index in [0.717, 1.165) is 66.3 Å². The van der Waals surface area contributed by atoms with E-state index in [-0.39, 0.29) is 116 Å². The number of piperazine rings is 3. The van der Waals surface area contributed by atoms with Gasteiger partial charge in [-0.15, -0.1) is 23.2 Å². The Balaban J connectivity index is 0.000000286. The number of aryl methyl sites for hydroxylation is 3. The number of carbonyl (C=O) groups is 4. The number of alkyl halides is 2. The highest BCUT2D eigenvalue weighted by atomic mass is 35.7. The number of anilines is 9. The molecule has 126 heavy (non-hydrogen) atoms. The maximum absolute atomic E-state index is 13.2. The lowest BCUT2D eigenvalue weighted by atomic mass is 10.2. The van der Waals surface area contributed by atoms with E-state index in [4.69, 9.17) is 52.0 Å². The van der Waals surface area contributed by atoms with Gasteiger partial charge in [-0.05, 0) is 152 Å². The van der Waals surface area contributed by atoms with Crippen molar-refractivity contribution >= 4 is 159 Å². The summed E-state index contributed by atoms with van der Waals surface area (Å²) in [5.41, 5.74) is 7.47. The number of hydrogen-bond acceptors (Lipinski definition) is 28. The normalized spacial score (nSPS) is 13.2. The second kappa shape index (κ2) is 51.6. The minimum atomic E-state index is -4.19. The summed E-state index contributed by atoms with van der Waals surface area (Å²) in [6, 6.07) is 51.1. The van der Waals surface area contributed by atoms with Gasteiger partial charge in [-0.2, -0.15) is 32.0 Å². The SMILES string of the molecule is C.C.COC(=O)Cc1ccc(S(=O)(=O)Cl)cc1.COC(=O)Cc1ccc(S(=O)(=O)N2CCN(c3nc(C)cc(Nc4ccc(F)cc4)n3)CC2)cc1.COC(=O)Cc1ccccc1.Cc1cc(Nc2ccc(F)cc2)nc(N2CCN(S(=O)(=O)c3ccc(CC(=O)O)cc3)CC2)n1.Cc1cc(Nc2ccc(F)cc2)nc(N2CCNCC2)n1.ClCCl.O=S(=O)(O)Cl. The number of esters is 3. The molecule has 3 aliphatic heterocycles. The second-order valence-corrected chi connectivity index (χ2v) is 35.9. The number of ether oxygens (including phenoxy) is 3. The van der Waals surface area contributed by atoms with Crippen LogP contribution in [-0.2, 0) is 97.5 Å². The highest BCUT2D eigenvalue weighted by Gasteiger charge is 2.32. The Labute approximate surface area is 750 Å². The van der Waals surface area contributed by atoms with Crippen molar-refractivity contribution in [2.45, 2.75) is 76.0 Å². The van der Waals surface area contributed by atoms with Crippen LogP contribution in [0.5, 0.6) is 0 Å². The molecule has 0 spiro atoms. The number of carboxylic acid groups (broad SMARTS) is 1. The molecule has 32 nitrogen and oxygen atoms in total. The number of nitrogens with zero attached hydrogens (tertiary/aromatic N) is 11. The Hall–Kier alpha value is -11.0. The molecule has 10 aromatic rings. The quantitative estimate of drug-likeness (QED) is 0.0121. The average molecular weight is 1900 g/mol. The van der Waals surface area contributed by atoms with Crippen molar-refractivity contribution < 1.29 is 89.9 Å². The lowest BCUT2D eigenvalue weighted by molar-refractivity contribution is -0.140. The molecular formula is C83H98Cl4F3N15O17S4. The standard InChI is InChI=1S/C24H26FN5O4S.C23H24FN5O4S.C15H18FN5.C9H9ClO4S.C9H10O2.CH2Cl2.2CH4.ClHO3S/c1-17-15-22(27-20-7-5-19(25)6-8-20)28-24(26-17)29-11-13-30(14-12-29)35(32,33)21-9-3-18(4-10-21)16-23(31)34-2;1-16-14-21(26-19-6-4-18(24)5-7-19)27-23(25-16)28-10-12-29(13-11-28)34(32,33)20-8-2-17(3-9-20)15-22(30)31;1-11-10-14(19-13-4-2-12(16)3-5-13)20-15(18-11)21-8-6-17-7-9-21;1-14-9(11)6-7-2-4-8(5-3-7)15(10,12)13;1-11-9(10)7-8-5-3-2-4-6-8;2-1-3;;;1-5(2,3)4/h3-10,15H,11-14,16H2,1-2H3,(H,26,27,28);2-9,14H,10-13,15H2,1H3,(H,30,31)(H,25,26,27);2-5,10,17H,6-9H2,1H3,(H,18,19,20);2-5H,6H2,1H3;2-6H,7H2,1H3;1H2;2*1H4;(H,2,3,4). The van der Waals surface area contributed by atoms with Crippen molar-refractivity contribution in [3.8, 4) is 0 Å². The summed E-state index contributed by atoms with van der Waals surface area (Å²) in [7, 11) is -2.08. The van der Waals surface area contributed by atoms with Gasteiger partial charge in [0.1, 0.15) is 34.9 Å². The maximum atomic E-state index is 13.2. The van der Waals surface area contributed by atoms with Crippen LogP contribution >= 0.6 is 44.6 Å². The number of carbonyl (C=O) groups excluding carboxylic acids is 3. The molecule has 6 N–H and O–H groups in total. The van der Waals surface area contributed by atoms with Crippen LogP contribution in [0, 0.1) is 38.2 Å². The minimum Gasteiger partial charge on any atom is -0.481 e. The molecule has 7 aromatic carbocycles. The van der Waals surface area contributed by atoms with Crippen molar-refractivity contribution in [1.29, 1.82) is 0 Å². The first-order valence-corrected chi connectivity index (χ1v) is 45.9. The van der Waals surface area contributed by atoms with Crippen LogP contribution in [0.1, 0.15) is 54.2 Å². The Morgan fingerprint density at radius 1 is 0.405 bits per heavy atom. The van der Waals surface area contributed by atoms with Crippen LogP contribution in [0.15, 0.2) is 209 Å². The first-order chi connectivity index (χ1) is 58.8. The van der Waals surface area contributed by atoms with E-state index in [1.54, 1.807) is 60.7 Å². The van der Waals surface area contributed by atoms with Crippen LogP contribution in [0.2, 0.25) is 0 Å². The number of benzene rings is 7. The summed E-state index contributed by atoms with van der Waals surface area (Å²) in [6.07, 6.45) is 0.397. The first-order valence-electron chi connectivity index (χ1n) is 37.4. The van der Waals surface area contributed by atoms with Gasteiger partial charge in [0.25, 0.3) is 9.05 Å². The van der Waals surface area contributed by atoms with Gasteiger partial charge in [0.15, 0.2) is 0 Å². The first kappa shape index (κ1) is 106. The largest absolute Gasteiger partial charge is 0.481 e. The fourth-order valence-electron chi connectivity index (χ4n) is 11.6. The zero-order valence-corrected chi connectivity index (χ0v) is 74.0. The highest BCUT2D eigenvalue weighted by molar-refractivity contribution is 8.13. The molecular weight excluding hydrogens is 1810 g/mol. The van der Waals surface area contributed by atoms with Gasteiger partial charge in [-0.25, -0.2) is 53.4 Å². The van der Waals surface area contributed by atoms with Crippen LogP contribution in [0.25, 0.3) is 0 Å². The summed E-state index contributed by atoms with van der Waals surface area (Å²) >= 11 is 9.53. The number of methoxy groups -OCH3 is 3. The summed E-state index contributed by atoms with van der Waals surface area (Å²) in [4.78, 5) is 77.4. The maximum Gasteiger partial charge on any atom is 0.353 e. The molecule has 0 aliphatic carbocycles. The molecule has 0 atom stereocenters. The number of hydrogen-bond donors (Lipinski definition) is 6. The lowest BCUT2D eigenvalue weighted by Crippen LogP contribution is -2.49. The number of nitrogens with one attached hydrogen (secondary N) is 4. The predicted molar refractivity (Wildman–Crippen MR) is 481 cm³/mol. The fourth-order valence-corrected chi connectivity index (χ4v) is 15.2. The second-order valence-electron chi connectivity index (χ2n) is 26.7. The smallest absolute Gasteiger partial charge is 0.353 e. The van der Waals surface area contributed by atoms with E-state index < -0.39 is 44.4 Å². The van der Waals surface area contributed by atoms with E-state index in [2.05, 4.69) is 81.0 Å². The number of rotatable bonds is 22. The number of aromatic nitrogens is 6. The average Bonchev–Trinajstić information content (AvgIpc) is 0.797. The third kappa shape index (κ3) is 36.6. The van der Waals surface area contributed by atoms with E-state index in [1.165, 1.54) is 127 Å². The summed E-state index contributed by atoms with van der Waals surface area (Å²) in [5.74, 6) is 0.754. The van der Waals surface area contributed by atoms with Gasteiger partial charge in [0, 0.05) is 152 Å².